The van der Waals surface area contributed by atoms with Crippen molar-refractivity contribution in [1.82, 2.24) is 9.88 Å². The lowest BCUT2D eigenvalue weighted by atomic mass is 9.88. The van der Waals surface area contributed by atoms with Crippen LogP contribution in [0.5, 0.6) is 0 Å². The molecule has 0 aromatic carbocycles. The lowest BCUT2D eigenvalue weighted by Gasteiger charge is -2.22. The van der Waals surface area contributed by atoms with E-state index in [0.29, 0.717) is 31.3 Å². The van der Waals surface area contributed by atoms with Crippen LogP contribution >= 0.6 is 0 Å². The first kappa shape index (κ1) is 16.6. The van der Waals surface area contributed by atoms with E-state index in [-0.39, 0.29) is 5.91 Å². The summed E-state index contributed by atoms with van der Waals surface area (Å²) in [6, 6.07) is 3.88. The van der Waals surface area contributed by atoms with E-state index in [1.165, 1.54) is 0 Å². The van der Waals surface area contributed by atoms with Crippen LogP contribution in [0, 0.1) is 11.8 Å². The Hall–Kier alpha value is -1.42. The Bertz CT molecular complexity index is 392. The van der Waals surface area contributed by atoms with E-state index >= 15 is 0 Å². The van der Waals surface area contributed by atoms with E-state index in [2.05, 4.69) is 18.8 Å². The maximum atomic E-state index is 12.2. The summed E-state index contributed by atoms with van der Waals surface area (Å²) < 4.78 is 0. The van der Waals surface area contributed by atoms with Crippen molar-refractivity contribution in [2.45, 2.75) is 39.7 Å². The Kier molecular flexibility index (Phi) is 7.23. The van der Waals surface area contributed by atoms with Gasteiger partial charge in [0.25, 0.3) is 0 Å². The molecule has 0 aliphatic heterocycles. The van der Waals surface area contributed by atoms with Crippen LogP contribution in [-0.2, 0) is 11.3 Å². The summed E-state index contributed by atoms with van der Waals surface area (Å²) in [5.41, 5.74) is 6.74. The van der Waals surface area contributed by atoms with Crippen LogP contribution in [0.2, 0.25) is 0 Å². The number of rotatable bonds is 8. The van der Waals surface area contributed by atoms with Crippen molar-refractivity contribution in [2.75, 3.05) is 13.6 Å². The maximum Gasteiger partial charge on any atom is 0.222 e. The average molecular weight is 277 g/mol. The highest BCUT2D eigenvalue weighted by molar-refractivity contribution is 5.75. The number of hydrogen-bond donors (Lipinski definition) is 1. The van der Waals surface area contributed by atoms with Crippen molar-refractivity contribution in [3.05, 3.63) is 30.1 Å². The quantitative estimate of drug-likeness (QED) is 0.794. The smallest absolute Gasteiger partial charge is 0.222 e. The highest BCUT2D eigenvalue weighted by atomic mass is 16.2. The Labute approximate surface area is 122 Å². The Morgan fingerprint density at radius 2 is 1.95 bits per heavy atom. The number of pyridine rings is 1. The molecule has 2 N–H and O–H groups in total. The minimum absolute atomic E-state index is 0.199. The van der Waals surface area contributed by atoms with E-state index in [0.717, 1.165) is 18.4 Å². The first-order valence-corrected chi connectivity index (χ1v) is 7.37. The maximum absolute atomic E-state index is 12.2. The van der Waals surface area contributed by atoms with Gasteiger partial charge in [-0.1, -0.05) is 13.8 Å². The van der Waals surface area contributed by atoms with E-state index in [1.807, 2.05) is 19.2 Å². The molecule has 1 rings (SSSR count). The van der Waals surface area contributed by atoms with Crippen LogP contribution in [0.3, 0.4) is 0 Å². The molecule has 1 heterocycles. The molecule has 112 valence electrons. The summed E-state index contributed by atoms with van der Waals surface area (Å²) in [7, 11) is 1.86. The zero-order chi connectivity index (χ0) is 15.0. The number of hydrogen-bond acceptors (Lipinski definition) is 3. The van der Waals surface area contributed by atoms with E-state index in [4.69, 9.17) is 5.73 Å². The summed E-state index contributed by atoms with van der Waals surface area (Å²) in [5, 5.41) is 0. The molecule has 4 nitrogen and oxygen atoms in total. The van der Waals surface area contributed by atoms with Gasteiger partial charge in [0.2, 0.25) is 5.91 Å². The Morgan fingerprint density at radius 3 is 2.50 bits per heavy atom. The monoisotopic (exact) mass is 277 g/mol. The Balaban J connectivity index is 2.41. The van der Waals surface area contributed by atoms with Crippen molar-refractivity contribution >= 4 is 5.91 Å². The van der Waals surface area contributed by atoms with Gasteiger partial charge in [0.15, 0.2) is 0 Å². The molecule has 0 fully saturated rings. The average Bonchev–Trinajstić information content (AvgIpc) is 2.43. The topological polar surface area (TPSA) is 59.2 Å². The molecule has 1 unspecified atom stereocenters. The first-order valence-electron chi connectivity index (χ1n) is 7.37. The third kappa shape index (κ3) is 5.70. The van der Waals surface area contributed by atoms with E-state index < -0.39 is 0 Å². The molecule has 1 aromatic rings. The normalized spacial score (nSPS) is 12.4. The van der Waals surface area contributed by atoms with Crippen LogP contribution in [0.25, 0.3) is 0 Å². The van der Waals surface area contributed by atoms with Gasteiger partial charge in [0.05, 0.1) is 0 Å². The minimum Gasteiger partial charge on any atom is -0.341 e. The Morgan fingerprint density at radius 1 is 1.30 bits per heavy atom. The van der Waals surface area contributed by atoms with E-state index in [9.17, 15) is 4.79 Å². The van der Waals surface area contributed by atoms with Crippen molar-refractivity contribution in [1.29, 1.82) is 0 Å². The molecular weight excluding hydrogens is 250 g/mol. The van der Waals surface area contributed by atoms with Gasteiger partial charge in [-0.25, -0.2) is 0 Å². The fraction of sp³-hybridized carbons (Fsp3) is 0.625. The number of carbonyl (C=O) groups is 1. The minimum atomic E-state index is 0.199. The van der Waals surface area contributed by atoms with Gasteiger partial charge in [-0.05, 0) is 48.9 Å². The summed E-state index contributed by atoms with van der Waals surface area (Å²) >= 11 is 0. The van der Waals surface area contributed by atoms with Crippen molar-refractivity contribution < 1.29 is 4.79 Å². The standard InChI is InChI=1S/C16H27N3O/c1-13(2)15(6-9-17)4-5-16(20)19(3)12-14-7-10-18-11-8-14/h7-8,10-11,13,15H,4-6,9,12,17H2,1-3H3. The van der Waals surface area contributed by atoms with E-state index in [1.54, 1.807) is 17.3 Å². The van der Waals surface area contributed by atoms with Crippen LogP contribution < -0.4 is 5.73 Å². The molecular formula is C16H27N3O. The molecule has 1 atom stereocenters. The lowest BCUT2D eigenvalue weighted by Crippen LogP contribution is -2.27. The van der Waals surface area contributed by atoms with Crippen molar-refractivity contribution in [3.63, 3.8) is 0 Å². The zero-order valence-corrected chi connectivity index (χ0v) is 12.9. The summed E-state index contributed by atoms with van der Waals surface area (Å²) in [5.74, 6) is 1.32. The molecule has 0 saturated carbocycles. The van der Waals surface area contributed by atoms with Gasteiger partial charge >= 0.3 is 0 Å². The van der Waals surface area contributed by atoms with Crippen LogP contribution in [0.1, 0.15) is 38.7 Å². The van der Waals surface area contributed by atoms with Crippen LogP contribution in [0.15, 0.2) is 24.5 Å². The molecule has 20 heavy (non-hydrogen) atoms. The highest BCUT2D eigenvalue weighted by Crippen LogP contribution is 2.21. The summed E-state index contributed by atoms with van der Waals surface area (Å²) in [6.45, 7) is 5.74. The summed E-state index contributed by atoms with van der Waals surface area (Å²) in [4.78, 5) is 17.9. The number of nitrogens with two attached hydrogens (primary N) is 1. The zero-order valence-electron chi connectivity index (χ0n) is 12.9. The predicted octanol–water partition coefficient (Wildman–Crippen LogP) is 2.44. The van der Waals surface area contributed by atoms with Gasteiger partial charge in [-0.3, -0.25) is 9.78 Å². The number of nitrogens with zero attached hydrogens (tertiary/aromatic N) is 2. The molecule has 1 aromatic heterocycles. The lowest BCUT2D eigenvalue weighted by molar-refractivity contribution is -0.130. The van der Waals surface area contributed by atoms with Crippen LogP contribution in [0.4, 0.5) is 0 Å². The molecule has 4 heteroatoms. The van der Waals surface area contributed by atoms with Gasteiger partial charge in [-0.15, -0.1) is 0 Å². The second kappa shape index (κ2) is 8.69. The third-order valence-corrected chi connectivity index (χ3v) is 3.80. The number of carbonyl (C=O) groups excluding carboxylic acids is 1. The fourth-order valence-corrected chi connectivity index (χ4v) is 2.38. The fourth-order valence-electron chi connectivity index (χ4n) is 2.38. The first-order chi connectivity index (χ1) is 9.54. The number of aromatic nitrogens is 1. The third-order valence-electron chi connectivity index (χ3n) is 3.80. The molecule has 0 aliphatic rings. The molecule has 0 radical (unpaired) electrons. The second-order valence-electron chi connectivity index (χ2n) is 5.73. The second-order valence-corrected chi connectivity index (χ2v) is 5.73. The summed E-state index contributed by atoms with van der Waals surface area (Å²) in [6.07, 6.45) is 6.03. The molecule has 0 saturated heterocycles. The van der Waals surface area contributed by atoms with Crippen molar-refractivity contribution in [2.24, 2.45) is 17.6 Å². The van der Waals surface area contributed by atoms with Crippen molar-refractivity contribution in [3.8, 4) is 0 Å². The molecule has 0 spiro atoms. The number of amides is 1. The SMILES string of the molecule is CC(C)C(CCN)CCC(=O)N(C)Cc1ccncc1. The van der Waals surface area contributed by atoms with Gasteiger partial charge in [-0.2, -0.15) is 0 Å². The molecule has 0 aliphatic carbocycles. The highest BCUT2D eigenvalue weighted by Gasteiger charge is 2.16. The molecule has 1 amide bonds. The van der Waals surface area contributed by atoms with Gasteiger partial charge in [0, 0.05) is 32.4 Å². The van der Waals surface area contributed by atoms with Gasteiger partial charge < -0.3 is 10.6 Å². The molecule has 0 bridgehead atoms. The van der Waals surface area contributed by atoms with Crippen LogP contribution in [-0.4, -0.2) is 29.4 Å². The largest absolute Gasteiger partial charge is 0.341 e. The predicted molar refractivity (Wildman–Crippen MR) is 81.9 cm³/mol. The van der Waals surface area contributed by atoms with Gasteiger partial charge in [0.1, 0.15) is 0 Å².